The number of carbonyl (C=O) groups excluding carboxylic acids is 1. The Balaban J connectivity index is 1.39. The Kier molecular flexibility index (Phi) is 8.22. The second-order valence-electron chi connectivity index (χ2n) is 8.75. The SMILES string of the molecule is Cc1cccc(CO[C@@H](CN2CCN(C(=O)c3cc(C)nc(Cl)c3)CC2)c2ccc(Cl)cc2)c1. The molecule has 1 aliphatic heterocycles. The van der Waals surface area contributed by atoms with Gasteiger partial charge in [-0.1, -0.05) is 65.2 Å². The van der Waals surface area contributed by atoms with E-state index in [1.807, 2.05) is 36.1 Å². The Morgan fingerprint density at radius 1 is 1.00 bits per heavy atom. The largest absolute Gasteiger partial charge is 0.368 e. The molecule has 2 aromatic carbocycles. The number of rotatable bonds is 7. The molecule has 1 aromatic heterocycles. The molecule has 3 aromatic rings. The number of carbonyl (C=O) groups is 1. The third-order valence-corrected chi connectivity index (χ3v) is 6.47. The summed E-state index contributed by atoms with van der Waals surface area (Å²) in [5.74, 6) is -0.00278. The van der Waals surface area contributed by atoms with Crippen LogP contribution in [0.4, 0.5) is 0 Å². The van der Waals surface area contributed by atoms with Crippen LogP contribution in [-0.2, 0) is 11.3 Å². The summed E-state index contributed by atoms with van der Waals surface area (Å²) in [6, 6.07) is 19.7. The molecule has 0 N–H and O–H groups in total. The van der Waals surface area contributed by atoms with Crippen LogP contribution in [0.15, 0.2) is 60.7 Å². The summed E-state index contributed by atoms with van der Waals surface area (Å²) in [5.41, 5.74) is 4.80. The number of ether oxygens (including phenoxy) is 1. The van der Waals surface area contributed by atoms with Crippen molar-refractivity contribution in [3.05, 3.63) is 98.8 Å². The molecule has 2 heterocycles. The van der Waals surface area contributed by atoms with Crippen molar-refractivity contribution < 1.29 is 9.53 Å². The zero-order valence-corrected chi connectivity index (χ0v) is 21.0. The number of hydrogen-bond acceptors (Lipinski definition) is 4. The number of hydrogen-bond donors (Lipinski definition) is 0. The zero-order chi connectivity index (χ0) is 24.1. The number of amides is 1. The molecule has 1 atom stereocenters. The van der Waals surface area contributed by atoms with Crippen molar-refractivity contribution in [1.29, 1.82) is 0 Å². The van der Waals surface area contributed by atoms with Gasteiger partial charge in [-0.25, -0.2) is 4.98 Å². The lowest BCUT2D eigenvalue weighted by molar-refractivity contribution is 0.00341. The average molecular weight is 498 g/mol. The summed E-state index contributed by atoms with van der Waals surface area (Å²) in [6.45, 7) is 8.08. The molecular weight excluding hydrogens is 469 g/mol. The fraction of sp³-hybridized carbons (Fsp3) is 0.333. The first-order valence-electron chi connectivity index (χ1n) is 11.5. The number of aryl methyl sites for hydroxylation is 2. The van der Waals surface area contributed by atoms with Crippen LogP contribution in [0, 0.1) is 13.8 Å². The molecule has 1 aliphatic rings. The average Bonchev–Trinajstić information content (AvgIpc) is 2.82. The van der Waals surface area contributed by atoms with E-state index in [0.29, 0.717) is 35.4 Å². The van der Waals surface area contributed by atoms with Gasteiger partial charge in [0.15, 0.2) is 0 Å². The maximum atomic E-state index is 13.0. The number of piperazine rings is 1. The molecule has 1 saturated heterocycles. The molecule has 0 radical (unpaired) electrons. The van der Waals surface area contributed by atoms with Gasteiger partial charge in [0.1, 0.15) is 5.15 Å². The lowest BCUT2D eigenvalue weighted by Gasteiger charge is -2.36. The third-order valence-electron chi connectivity index (χ3n) is 6.03. The monoisotopic (exact) mass is 497 g/mol. The van der Waals surface area contributed by atoms with E-state index in [4.69, 9.17) is 27.9 Å². The van der Waals surface area contributed by atoms with Gasteiger partial charge in [-0.05, 0) is 49.2 Å². The fourth-order valence-electron chi connectivity index (χ4n) is 4.23. The van der Waals surface area contributed by atoms with E-state index in [1.54, 1.807) is 12.1 Å². The van der Waals surface area contributed by atoms with Crippen molar-refractivity contribution in [3.63, 3.8) is 0 Å². The van der Waals surface area contributed by atoms with Gasteiger partial charge in [-0.15, -0.1) is 0 Å². The molecule has 0 saturated carbocycles. The Morgan fingerprint density at radius 2 is 1.74 bits per heavy atom. The Labute approximate surface area is 211 Å². The normalized spacial score (nSPS) is 15.4. The second-order valence-corrected chi connectivity index (χ2v) is 9.58. The molecule has 1 amide bonds. The summed E-state index contributed by atoms with van der Waals surface area (Å²) in [7, 11) is 0. The minimum atomic E-state index is -0.0957. The van der Waals surface area contributed by atoms with E-state index >= 15 is 0 Å². The van der Waals surface area contributed by atoms with Crippen LogP contribution >= 0.6 is 23.2 Å². The lowest BCUT2D eigenvalue weighted by atomic mass is 10.1. The van der Waals surface area contributed by atoms with Crippen LogP contribution in [0.3, 0.4) is 0 Å². The highest BCUT2D eigenvalue weighted by Gasteiger charge is 2.25. The molecular formula is C27H29Cl2N3O2. The van der Waals surface area contributed by atoms with Crippen molar-refractivity contribution in [2.24, 2.45) is 0 Å². The molecule has 0 spiro atoms. The van der Waals surface area contributed by atoms with Crippen LogP contribution in [0.2, 0.25) is 10.2 Å². The molecule has 5 nitrogen and oxygen atoms in total. The molecule has 34 heavy (non-hydrogen) atoms. The van der Waals surface area contributed by atoms with Crippen LogP contribution in [0.1, 0.15) is 38.8 Å². The van der Waals surface area contributed by atoms with Gasteiger partial charge in [0.05, 0.1) is 12.7 Å². The highest BCUT2D eigenvalue weighted by atomic mass is 35.5. The lowest BCUT2D eigenvalue weighted by Crippen LogP contribution is -2.49. The standard InChI is InChI=1S/C27H29Cl2N3O2/c1-19-4-3-5-21(14-19)18-34-25(22-6-8-24(28)9-7-22)17-31-10-12-32(13-11-31)27(33)23-15-20(2)30-26(29)16-23/h3-9,14-16,25H,10-13,17-18H2,1-2H3/t25-/m0/s1. The molecule has 4 rings (SSSR count). The van der Waals surface area contributed by atoms with Crippen molar-refractivity contribution in [3.8, 4) is 0 Å². The summed E-state index contributed by atoms with van der Waals surface area (Å²) < 4.78 is 6.39. The van der Waals surface area contributed by atoms with Gasteiger partial charge in [0.25, 0.3) is 5.91 Å². The third kappa shape index (κ3) is 6.57. The minimum Gasteiger partial charge on any atom is -0.368 e. The first-order chi connectivity index (χ1) is 16.4. The summed E-state index contributed by atoms with van der Waals surface area (Å²) in [6.07, 6.45) is -0.0957. The molecule has 0 unspecified atom stereocenters. The number of pyridine rings is 1. The van der Waals surface area contributed by atoms with Gasteiger partial charge < -0.3 is 9.64 Å². The maximum Gasteiger partial charge on any atom is 0.254 e. The van der Waals surface area contributed by atoms with Gasteiger partial charge >= 0.3 is 0 Å². The maximum absolute atomic E-state index is 13.0. The van der Waals surface area contributed by atoms with Gasteiger partial charge in [-0.2, -0.15) is 0 Å². The van der Waals surface area contributed by atoms with E-state index in [-0.39, 0.29) is 12.0 Å². The second kappa shape index (κ2) is 11.3. The summed E-state index contributed by atoms with van der Waals surface area (Å²) in [5, 5.41) is 1.05. The summed E-state index contributed by atoms with van der Waals surface area (Å²) in [4.78, 5) is 21.3. The molecule has 178 valence electrons. The molecule has 1 fully saturated rings. The number of benzene rings is 2. The quantitative estimate of drug-likeness (QED) is 0.391. The Bertz CT molecular complexity index is 1110. The number of halogens is 2. The van der Waals surface area contributed by atoms with Crippen LogP contribution < -0.4 is 0 Å². The van der Waals surface area contributed by atoms with Crippen molar-refractivity contribution >= 4 is 29.1 Å². The van der Waals surface area contributed by atoms with Crippen LogP contribution in [0.25, 0.3) is 0 Å². The van der Waals surface area contributed by atoms with Crippen molar-refractivity contribution in [1.82, 2.24) is 14.8 Å². The van der Waals surface area contributed by atoms with Gasteiger partial charge in [0.2, 0.25) is 0 Å². The van der Waals surface area contributed by atoms with E-state index < -0.39 is 0 Å². The van der Waals surface area contributed by atoms with E-state index in [1.165, 1.54) is 5.56 Å². The predicted octanol–water partition coefficient (Wildman–Crippen LogP) is 5.72. The first-order valence-corrected chi connectivity index (χ1v) is 12.2. The van der Waals surface area contributed by atoms with E-state index in [0.717, 1.165) is 36.5 Å². The zero-order valence-electron chi connectivity index (χ0n) is 19.5. The first kappa shape index (κ1) is 24.7. The fourth-order valence-corrected chi connectivity index (χ4v) is 4.61. The highest BCUT2D eigenvalue weighted by Crippen LogP contribution is 2.24. The Hall–Kier alpha value is -2.44. The molecule has 7 heteroatoms. The van der Waals surface area contributed by atoms with E-state index in [2.05, 4.69) is 41.1 Å². The predicted molar refractivity (Wildman–Crippen MR) is 136 cm³/mol. The number of nitrogens with zero attached hydrogens (tertiary/aromatic N) is 3. The number of aromatic nitrogens is 1. The minimum absolute atomic E-state index is 0.00278. The van der Waals surface area contributed by atoms with Crippen molar-refractivity contribution in [2.45, 2.75) is 26.6 Å². The van der Waals surface area contributed by atoms with Crippen LogP contribution in [0.5, 0.6) is 0 Å². The summed E-state index contributed by atoms with van der Waals surface area (Å²) >= 11 is 12.2. The topological polar surface area (TPSA) is 45.7 Å². The smallest absolute Gasteiger partial charge is 0.254 e. The Morgan fingerprint density at radius 3 is 2.41 bits per heavy atom. The van der Waals surface area contributed by atoms with Gasteiger partial charge in [-0.3, -0.25) is 9.69 Å². The molecule has 0 bridgehead atoms. The molecule has 0 aliphatic carbocycles. The van der Waals surface area contributed by atoms with Gasteiger partial charge in [0, 0.05) is 49.0 Å². The highest BCUT2D eigenvalue weighted by molar-refractivity contribution is 6.30. The van der Waals surface area contributed by atoms with E-state index in [9.17, 15) is 4.79 Å². The van der Waals surface area contributed by atoms with Crippen LogP contribution in [-0.4, -0.2) is 53.4 Å². The van der Waals surface area contributed by atoms with Crippen molar-refractivity contribution in [2.75, 3.05) is 32.7 Å².